The molecule has 3 aliphatic heterocycles. The van der Waals surface area contributed by atoms with Crippen LogP contribution in [-0.4, -0.2) is 26.4 Å². The molecule has 2 atom stereocenters. The normalized spacial score (nSPS) is 21.6. The molecule has 2 aromatic heterocycles. The number of nitrogens with zero attached hydrogens (tertiary/aromatic N) is 2. The molecule has 3 N–H and O–H groups in total. The van der Waals surface area contributed by atoms with Crippen molar-refractivity contribution >= 4 is 28.6 Å². The summed E-state index contributed by atoms with van der Waals surface area (Å²) in [5, 5.41) is 11.0. The van der Waals surface area contributed by atoms with E-state index in [9.17, 15) is 19.1 Å². The second-order valence-electron chi connectivity index (χ2n) is 7.43. The van der Waals surface area contributed by atoms with E-state index < -0.39 is 12.1 Å². The van der Waals surface area contributed by atoms with Crippen LogP contribution in [0.25, 0.3) is 22.3 Å². The van der Waals surface area contributed by atoms with E-state index in [1.54, 1.807) is 10.6 Å². The Kier molecular flexibility index (Phi) is 3.34. The summed E-state index contributed by atoms with van der Waals surface area (Å²) in [7, 11) is 0. The van der Waals surface area contributed by atoms with Crippen LogP contribution in [0.1, 0.15) is 34.4 Å². The number of hydrogen-bond acceptors (Lipinski definition) is 7. The zero-order chi connectivity index (χ0) is 20.0. The third-order valence-electron chi connectivity index (χ3n) is 5.82. The maximum absolute atomic E-state index is 14.1. The first-order valence-corrected chi connectivity index (χ1v) is 10.1. The topological polar surface area (TPSA) is 107 Å². The fourth-order valence-corrected chi connectivity index (χ4v) is 5.59. The molecular formula is C20H14FN3O4S. The van der Waals surface area contributed by atoms with E-state index in [1.165, 1.54) is 23.9 Å². The average molecular weight is 411 g/mol. The summed E-state index contributed by atoms with van der Waals surface area (Å²) in [6, 6.07) is 4.20. The molecule has 7 nitrogen and oxygen atoms in total. The molecule has 0 saturated heterocycles. The number of hydrogen-bond donors (Lipinski definition) is 2. The number of carbonyl (C=O) groups is 1. The number of fused-ring (bicyclic) bond motifs is 5. The summed E-state index contributed by atoms with van der Waals surface area (Å²) in [4.78, 5) is 30.3. The van der Waals surface area contributed by atoms with Gasteiger partial charge in [-0.05, 0) is 17.7 Å². The Morgan fingerprint density at radius 1 is 1.28 bits per heavy atom. The smallest absolute Gasteiger partial charge is 0.340 e. The minimum absolute atomic E-state index is 0.172. The molecule has 0 bridgehead atoms. The van der Waals surface area contributed by atoms with Crippen LogP contribution < -0.4 is 11.3 Å². The Labute approximate surface area is 167 Å². The predicted octanol–water partition coefficient (Wildman–Crippen LogP) is 1.76. The molecule has 0 fully saturated rings. The Hall–Kier alpha value is -2.75. The maximum Gasteiger partial charge on any atom is 0.340 e. The van der Waals surface area contributed by atoms with Crippen LogP contribution in [0.2, 0.25) is 0 Å². The van der Waals surface area contributed by atoms with Crippen LogP contribution in [0.3, 0.4) is 0 Å². The zero-order valence-electron chi connectivity index (χ0n) is 14.9. The number of nitrogens with two attached hydrogens (primary N) is 1. The number of benzene rings is 1. The van der Waals surface area contributed by atoms with Gasteiger partial charge in [0, 0.05) is 39.3 Å². The van der Waals surface area contributed by atoms with Gasteiger partial charge in [0.05, 0.1) is 29.0 Å². The van der Waals surface area contributed by atoms with Crippen LogP contribution in [0.4, 0.5) is 4.39 Å². The first-order valence-electron chi connectivity index (χ1n) is 9.10. The quantitative estimate of drug-likeness (QED) is 0.425. The van der Waals surface area contributed by atoms with Crippen molar-refractivity contribution in [2.75, 3.05) is 5.75 Å². The lowest BCUT2D eigenvalue weighted by molar-refractivity contribution is -0.157. The second-order valence-corrected chi connectivity index (χ2v) is 8.50. The highest BCUT2D eigenvalue weighted by molar-refractivity contribution is 7.99. The van der Waals surface area contributed by atoms with Crippen molar-refractivity contribution in [2.45, 2.75) is 30.2 Å². The third-order valence-corrected chi connectivity index (χ3v) is 6.98. The molecule has 0 spiro atoms. The Morgan fingerprint density at radius 3 is 2.93 bits per heavy atom. The number of thioether (sulfide) groups is 1. The van der Waals surface area contributed by atoms with Crippen molar-refractivity contribution in [3.63, 3.8) is 0 Å². The van der Waals surface area contributed by atoms with Gasteiger partial charge in [-0.2, -0.15) is 0 Å². The van der Waals surface area contributed by atoms with Gasteiger partial charge in [0.25, 0.3) is 5.56 Å². The van der Waals surface area contributed by atoms with E-state index in [2.05, 4.69) is 4.98 Å². The monoisotopic (exact) mass is 411 g/mol. The second kappa shape index (κ2) is 5.65. The lowest BCUT2D eigenvalue weighted by Gasteiger charge is -2.24. The first kappa shape index (κ1) is 17.1. The predicted molar refractivity (Wildman–Crippen MR) is 103 cm³/mol. The van der Waals surface area contributed by atoms with Crippen LogP contribution in [-0.2, 0) is 22.7 Å². The van der Waals surface area contributed by atoms with Gasteiger partial charge >= 0.3 is 5.97 Å². The molecule has 5 heterocycles. The minimum Gasteiger partial charge on any atom is -0.458 e. The van der Waals surface area contributed by atoms with Gasteiger partial charge in [0.2, 0.25) is 0 Å². The van der Waals surface area contributed by atoms with Gasteiger partial charge in [-0.1, -0.05) is 0 Å². The molecule has 2 unspecified atom stereocenters. The fraction of sp³-hybridized carbons (Fsp3) is 0.250. The fourth-order valence-electron chi connectivity index (χ4n) is 4.51. The van der Waals surface area contributed by atoms with Gasteiger partial charge in [0.15, 0.2) is 6.10 Å². The van der Waals surface area contributed by atoms with Crippen molar-refractivity contribution in [1.82, 2.24) is 9.55 Å². The summed E-state index contributed by atoms with van der Waals surface area (Å²) >= 11 is 1.50. The first-order chi connectivity index (χ1) is 13.9. The average Bonchev–Trinajstić information content (AvgIpc) is 3.06. The van der Waals surface area contributed by atoms with Gasteiger partial charge in [-0.3, -0.25) is 4.79 Å². The van der Waals surface area contributed by atoms with E-state index in [4.69, 9.17) is 10.5 Å². The number of rotatable bonds is 0. The highest BCUT2D eigenvalue weighted by Crippen LogP contribution is 2.45. The van der Waals surface area contributed by atoms with E-state index in [0.717, 1.165) is 21.4 Å². The molecule has 29 heavy (non-hydrogen) atoms. The summed E-state index contributed by atoms with van der Waals surface area (Å²) in [6.45, 7) is 0.114. The lowest BCUT2D eigenvalue weighted by Crippen LogP contribution is -2.32. The minimum atomic E-state index is -1.51. The molecule has 1 aromatic carbocycles. The number of aromatic nitrogens is 2. The van der Waals surface area contributed by atoms with Gasteiger partial charge in [0.1, 0.15) is 12.4 Å². The Bertz CT molecular complexity index is 1340. The third kappa shape index (κ3) is 2.17. The highest BCUT2D eigenvalue weighted by Gasteiger charge is 2.36. The SMILES string of the molecule is NC1CSc2cc(F)cc3nc4c(c1c23)Cn1c-4cc2c(c1=O)COC(=O)C2O. The molecule has 0 amide bonds. The maximum atomic E-state index is 14.1. The number of cyclic esters (lactones) is 1. The van der Waals surface area contributed by atoms with Crippen LogP contribution in [0.5, 0.6) is 0 Å². The number of ether oxygens (including phenoxy) is 1. The molecule has 9 heteroatoms. The number of halogens is 1. The highest BCUT2D eigenvalue weighted by atomic mass is 32.2. The van der Waals surface area contributed by atoms with Crippen LogP contribution in [0.15, 0.2) is 27.9 Å². The molecule has 3 aromatic rings. The Balaban J connectivity index is 1.69. The lowest BCUT2D eigenvalue weighted by atomic mass is 9.95. The van der Waals surface area contributed by atoms with Gasteiger partial charge in [-0.15, -0.1) is 11.8 Å². The summed E-state index contributed by atoms with van der Waals surface area (Å²) in [6.07, 6.45) is -1.51. The van der Waals surface area contributed by atoms with Crippen molar-refractivity contribution in [3.05, 3.63) is 56.6 Å². The summed E-state index contributed by atoms with van der Waals surface area (Å²) in [5.41, 5.74) is 9.81. The zero-order valence-corrected chi connectivity index (χ0v) is 15.8. The van der Waals surface area contributed by atoms with E-state index in [-0.39, 0.29) is 41.7 Å². The van der Waals surface area contributed by atoms with Crippen molar-refractivity contribution in [3.8, 4) is 11.4 Å². The number of pyridine rings is 2. The molecule has 0 saturated carbocycles. The number of aliphatic hydroxyl groups is 1. The standard InChI is InChI=1S/C20H14FN3O4S/c21-7-1-12-16-14(2-7)29-6-11(22)15(16)9-4-24-13(17(9)23-12)3-8-10(19(24)26)5-28-20(27)18(8)25/h1-3,11,18,25H,4-6,22H2. The molecule has 0 aliphatic carbocycles. The molecule has 146 valence electrons. The van der Waals surface area contributed by atoms with Crippen LogP contribution in [0, 0.1) is 5.82 Å². The number of aliphatic hydroxyl groups excluding tert-OH is 1. The van der Waals surface area contributed by atoms with Crippen LogP contribution >= 0.6 is 11.8 Å². The molecular weight excluding hydrogens is 397 g/mol. The Morgan fingerprint density at radius 2 is 2.10 bits per heavy atom. The number of carbonyl (C=O) groups excluding carboxylic acids is 1. The van der Waals surface area contributed by atoms with Gasteiger partial charge < -0.3 is 20.1 Å². The summed E-state index contributed by atoms with van der Waals surface area (Å²) in [5.74, 6) is -0.564. The van der Waals surface area contributed by atoms with Crippen molar-refractivity contribution in [2.24, 2.45) is 5.73 Å². The van der Waals surface area contributed by atoms with Crippen molar-refractivity contribution in [1.29, 1.82) is 0 Å². The molecule has 6 rings (SSSR count). The van der Waals surface area contributed by atoms with E-state index in [0.29, 0.717) is 22.7 Å². The van der Waals surface area contributed by atoms with E-state index >= 15 is 0 Å². The molecule has 0 radical (unpaired) electrons. The van der Waals surface area contributed by atoms with Crippen molar-refractivity contribution < 1.29 is 19.0 Å². The van der Waals surface area contributed by atoms with E-state index in [1.807, 2.05) is 0 Å². The summed E-state index contributed by atoms with van der Waals surface area (Å²) < 4.78 is 20.6. The largest absolute Gasteiger partial charge is 0.458 e. The number of esters is 1. The van der Waals surface area contributed by atoms with Gasteiger partial charge in [-0.25, -0.2) is 14.2 Å². The molecule has 3 aliphatic rings.